The van der Waals surface area contributed by atoms with E-state index in [1.165, 1.54) is 26.1 Å². The van der Waals surface area contributed by atoms with Crippen LogP contribution in [0.3, 0.4) is 0 Å². The van der Waals surface area contributed by atoms with Crippen LogP contribution in [0.15, 0.2) is 36.4 Å². The zero-order valence-electron chi connectivity index (χ0n) is 32.0. The Hall–Kier alpha value is -3.49. The fraction of sp³-hybridized carbons (Fsp3) is 0.610. The number of ether oxygens (including phenoxy) is 3. The van der Waals surface area contributed by atoms with Crippen molar-refractivity contribution >= 4 is 32.9 Å². The maximum atomic E-state index is 15.4. The second-order valence-electron chi connectivity index (χ2n) is 17.1. The van der Waals surface area contributed by atoms with Crippen LogP contribution < -0.4 is 9.46 Å². The molecule has 1 aromatic heterocycles. The van der Waals surface area contributed by atoms with Gasteiger partial charge >= 0.3 is 10.2 Å². The van der Waals surface area contributed by atoms with E-state index in [9.17, 15) is 13.2 Å². The smallest absolute Gasteiger partial charge is 0.303 e. The topological polar surface area (TPSA) is 123 Å². The number of aromatic nitrogens is 1. The van der Waals surface area contributed by atoms with Crippen molar-refractivity contribution in [2.45, 2.75) is 63.8 Å². The average Bonchev–Trinajstić information content (AvgIpc) is 3.35. The van der Waals surface area contributed by atoms with E-state index in [0.29, 0.717) is 52.0 Å². The second-order valence-corrected chi connectivity index (χ2v) is 19.0. The number of carbonyl (C=O) groups excluding carboxylic acids is 2. The largest absolute Gasteiger partial charge is 0.497 e. The van der Waals surface area contributed by atoms with Crippen LogP contribution in [0.2, 0.25) is 0 Å². The monoisotopic (exact) mass is 759 g/mol. The zero-order valence-corrected chi connectivity index (χ0v) is 32.8. The second kappa shape index (κ2) is 13.0. The quantitative estimate of drug-likeness (QED) is 0.298. The number of methoxy groups -OCH3 is 1. The third-order valence-corrected chi connectivity index (χ3v) is 15.3. The predicted molar refractivity (Wildman–Crippen MR) is 205 cm³/mol. The first kappa shape index (κ1) is 36.2. The van der Waals surface area contributed by atoms with Crippen molar-refractivity contribution < 1.29 is 32.2 Å². The Morgan fingerprint density at radius 1 is 0.981 bits per heavy atom. The Labute approximate surface area is 318 Å². The average molecular weight is 760 g/mol. The Bertz CT molecular complexity index is 2110. The molecule has 6 aliphatic rings. The molecular weight excluding hydrogens is 707 g/mol. The van der Waals surface area contributed by atoms with Crippen LogP contribution in [0, 0.1) is 16.2 Å². The van der Waals surface area contributed by atoms with E-state index in [-0.39, 0.29) is 28.2 Å². The highest BCUT2D eigenvalue weighted by Gasteiger charge is 2.70. The standard InChI is InChI=1S/C41H53N5O7S/c1-5-52-16-15-44-20-39-22-45(23-40(39,21-44)26-53-25-39)38(48)41-19-33(41)32-18-29(51-4)12-14-30(32)36-35(27-9-7-6-8-10-27)31-13-11-28(17-34(31)46(36)24-41)37(47)42-54(49,50)43(2)3/h11-14,17-18,27,33H,5-10,15-16,19-26H2,1-4H3,(H,42,47)/t33-,39?,40?,41-/m0/s1. The van der Waals surface area contributed by atoms with Crippen molar-refractivity contribution in [3.63, 3.8) is 0 Å². The Morgan fingerprint density at radius 2 is 1.72 bits per heavy atom. The van der Waals surface area contributed by atoms with Crippen LogP contribution in [0.1, 0.15) is 78.8 Å². The van der Waals surface area contributed by atoms with Crippen molar-refractivity contribution in [2.75, 3.05) is 80.4 Å². The molecule has 3 saturated heterocycles. The van der Waals surface area contributed by atoms with E-state index in [1.807, 2.05) is 25.1 Å². The van der Waals surface area contributed by atoms with E-state index in [0.717, 1.165) is 89.5 Å². The minimum absolute atomic E-state index is 0.0233. The van der Waals surface area contributed by atoms with Crippen molar-refractivity contribution in [2.24, 2.45) is 16.2 Å². The summed E-state index contributed by atoms with van der Waals surface area (Å²) in [6, 6.07) is 11.9. The molecule has 9 rings (SSSR count). The number of carbonyl (C=O) groups is 2. The van der Waals surface area contributed by atoms with Crippen LogP contribution in [-0.2, 0) is 31.0 Å². The summed E-state index contributed by atoms with van der Waals surface area (Å²) in [4.78, 5) is 33.5. The zero-order chi connectivity index (χ0) is 37.6. The lowest BCUT2D eigenvalue weighted by Crippen LogP contribution is -2.43. The summed E-state index contributed by atoms with van der Waals surface area (Å²) in [5.74, 6) is 0.662. The molecule has 2 unspecified atom stereocenters. The number of nitrogens with one attached hydrogen (secondary N) is 1. The first-order valence-corrected chi connectivity index (χ1v) is 21.2. The molecule has 290 valence electrons. The van der Waals surface area contributed by atoms with Gasteiger partial charge in [-0.05, 0) is 73.6 Å². The van der Waals surface area contributed by atoms with Gasteiger partial charge in [-0.2, -0.15) is 12.7 Å². The van der Waals surface area contributed by atoms with Gasteiger partial charge in [-0.15, -0.1) is 0 Å². The molecule has 2 aromatic carbocycles. The third kappa shape index (κ3) is 5.47. The molecule has 54 heavy (non-hydrogen) atoms. The van der Waals surface area contributed by atoms with Gasteiger partial charge in [0.05, 0.1) is 38.0 Å². The summed E-state index contributed by atoms with van der Waals surface area (Å²) in [6.45, 7) is 9.36. The molecule has 0 radical (unpaired) electrons. The van der Waals surface area contributed by atoms with E-state index < -0.39 is 21.5 Å². The van der Waals surface area contributed by atoms with Gasteiger partial charge < -0.3 is 23.7 Å². The van der Waals surface area contributed by atoms with Gasteiger partial charge in [0.1, 0.15) is 5.75 Å². The molecule has 13 heteroatoms. The van der Waals surface area contributed by atoms with Crippen molar-refractivity contribution in [3.05, 3.63) is 53.1 Å². The summed E-state index contributed by atoms with van der Waals surface area (Å²) in [5, 5.41) is 1.07. The number of hydrogen-bond acceptors (Lipinski definition) is 8. The first-order chi connectivity index (χ1) is 25.9. The number of likely N-dealkylation sites (tertiary alicyclic amines) is 2. The molecule has 5 heterocycles. The summed E-state index contributed by atoms with van der Waals surface area (Å²) >= 11 is 0. The van der Waals surface area contributed by atoms with Crippen molar-refractivity contribution in [1.82, 2.24) is 23.4 Å². The number of fused-ring (bicyclic) bond motifs is 7. The van der Waals surface area contributed by atoms with Crippen LogP contribution in [0.5, 0.6) is 5.75 Å². The molecule has 4 atom stereocenters. The minimum atomic E-state index is -3.99. The summed E-state index contributed by atoms with van der Waals surface area (Å²) in [5.41, 5.74) is 4.97. The minimum Gasteiger partial charge on any atom is -0.497 e. The summed E-state index contributed by atoms with van der Waals surface area (Å²) in [7, 11) is 0.485. The highest BCUT2D eigenvalue weighted by molar-refractivity contribution is 7.87. The summed E-state index contributed by atoms with van der Waals surface area (Å²) < 4.78 is 48.6. The normalized spacial score (nSPS) is 29.1. The maximum absolute atomic E-state index is 15.4. The molecule has 3 aromatic rings. The maximum Gasteiger partial charge on any atom is 0.303 e. The molecule has 5 fully saturated rings. The van der Waals surface area contributed by atoms with Gasteiger partial charge in [-0.1, -0.05) is 25.3 Å². The van der Waals surface area contributed by atoms with Crippen LogP contribution in [0.4, 0.5) is 0 Å². The number of rotatable bonds is 10. The van der Waals surface area contributed by atoms with Gasteiger partial charge in [0, 0.05) is 98.7 Å². The lowest BCUT2D eigenvalue weighted by atomic mass is 9.71. The highest BCUT2D eigenvalue weighted by atomic mass is 32.2. The molecule has 2 saturated carbocycles. The number of amides is 2. The fourth-order valence-corrected chi connectivity index (χ4v) is 11.6. The molecule has 2 aliphatic carbocycles. The van der Waals surface area contributed by atoms with Gasteiger partial charge in [-0.25, -0.2) is 4.72 Å². The molecule has 0 spiro atoms. The number of nitrogens with zero attached hydrogens (tertiary/aromatic N) is 4. The van der Waals surface area contributed by atoms with Crippen LogP contribution in [-0.4, -0.2) is 119 Å². The molecule has 12 nitrogen and oxygen atoms in total. The number of benzene rings is 2. The molecule has 2 amide bonds. The van der Waals surface area contributed by atoms with Gasteiger partial charge in [0.15, 0.2) is 0 Å². The molecule has 0 bridgehead atoms. The Morgan fingerprint density at radius 3 is 2.41 bits per heavy atom. The molecule has 1 N–H and O–H groups in total. The summed E-state index contributed by atoms with van der Waals surface area (Å²) in [6.07, 6.45) is 6.43. The predicted octanol–water partition coefficient (Wildman–Crippen LogP) is 4.59. The van der Waals surface area contributed by atoms with Crippen molar-refractivity contribution in [1.29, 1.82) is 0 Å². The van der Waals surface area contributed by atoms with Crippen LogP contribution >= 0.6 is 0 Å². The van der Waals surface area contributed by atoms with E-state index in [4.69, 9.17) is 14.2 Å². The lowest BCUT2D eigenvalue weighted by molar-refractivity contribution is -0.138. The Balaban J connectivity index is 1.14. The van der Waals surface area contributed by atoms with Gasteiger partial charge in [-0.3, -0.25) is 14.5 Å². The van der Waals surface area contributed by atoms with E-state index in [2.05, 4.69) is 31.2 Å². The first-order valence-electron chi connectivity index (χ1n) is 19.7. The van der Waals surface area contributed by atoms with E-state index >= 15 is 4.79 Å². The highest BCUT2D eigenvalue weighted by Crippen LogP contribution is 2.67. The van der Waals surface area contributed by atoms with Gasteiger partial charge in [0.2, 0.25) is 5.91 Å². The SMILES string of the molecule is CCOCCN1CC23COCC2(C1)CN(C(=O)[C@]12C[C@H]1c1cc(OC)ccc1-c1c(C4CCCCC4)c4ccc(C(=O)NS(=O)(=O)N(C)C)cc4n1C2)C3. The Kier molecular flexibility index (Phi) is 8.74. The third-order valence-electron chi connectivity index (χ3n) is 13.9. The lowest BCUT2D eigenvalue weighted by Gasteiger charge is -2.30. The fourth-order valence-electron chi connectivity index (χ4n) is 11.0. The number of hydrogen-bond donors (Lipinski definition) is 1. The van der Waals surface area contributed by atoms with Gasteiger partial charge in [0.25, 0.3) is 5.91 Å². The molecular formula is C41H53N5O7S. The molecule has 4 aliphatic heterocycles. The van der Waals surface area contributed by atoms with Crippen LogP contribution in [0.25, 0.3) is 22.2 Å². The van der Waals surface area contributed by atoms with Crippen molar-refractivity contribution in [3.8, 4) is 17.0 Å². The van der Waals surface area contributed by atoms with E-state index in [1.54, 1.807) is 13.2 Å².